The Morgan fingerprint density at radius 2 is 2.31 bits per heavy atom. The van der Waals surface area contributed by atoms with Gasteiger partial charge in [0.2, 0.25) is 0 Å². The number of para-hydroxylation sites is 1. The molecule has 0 amide bonds. The molecular weight excluding hydrogens is 189 g/mol. The van der Waals surface area contributed by atoms with E-state index in [1.165, 1.54) is 6.07 Å². The number of halogens is 2. The van der Waals surface area contributed by atoms with Crippen LogP contribution < -0.4 is 5.32 Å². The monoisotopic (exact) mass is 199 g/mol. The third-order valence-corrected chi connectivity index (χ3v) is 1.93. The molecule has 0 fully saturated rings. The fraction of sp³-hybridized carbons (Fsp3) is 0.200. The van der Waals surface area contributed by atoms with Crippen LogP contribution >= 0.6 is 11.6 Å². The van der Waals surface area contributed by atoms with Gasteiger partial charge in [-0.05, 0) is 18.6 Å². The predicted molar refractivity (Wildman–Crippen MR) is 54.7 cm³/mol. The van der Waals surface area contributed by atoms with E-state index in [0.717, 1.165) is 6.42 Å². The lowest BCUT2D eigenvalue weighted by atomic mass is 10.3. The Bertz CT molecular complexity index is 279. The Morgan fingerprint density at radius 3 is 2.92 bits per heavy atom. The molecule has 0 radical (unpaired) electrons. The average Bonchev–Trinajstić information content (AvgIpc) is 2.10. The molecule has 0 aliphatic carbocycles. The molecule has 0 saturated heterocycles. The molecule has 1 aromatic rings. The van der Waals surface area contributed by atoms with Gasteiger partial charge in [-0.25, -0.2) is 4.39 Å². The number of hydrogen-bond acceptors (Lipinski definition) is 1. The van der Waals surface area contributed by atoms with Gasteiger partial charge in [-0.1, -0.05) is 23.7 Å². The molecule has 0 aliphatic heterocycles. The normalized spacial score (nSPS) is 9.69. The number of rotatable bonds is 4. The van der Waals surface area contributed by atoms with Crippen LogP contribution in [0.25, 0.3) is 0 Å². The van der Waals surface area contributed by atoms with Crippen molar-refractivity contribution in [2.75, 3.05) is 11.9 Å². The van der Waals surface area contributed by atoms with Crippen molar-refractivity contribution in [3.05, 3.63) is 41.7 Å². The maximum absolute atomic E-state index is 13.1. The van der Waals surface area contributed by atoms with Crippen molar-refractivity contribution >= 4 is 17.3 Å². The largest absolute Gasteiger partial charge is 0.381 e. The van der Waals surface area contributed by atoms with Crippen LogP contribution in [0.15, 0.2) is 30.9 Å². The minimum Gasteiger partial charge on any atom is -0.381 e. The predicted octanol–water partition coefficient (Wildman–Crippen LogP) is 3.47. The van der Waals surface area contributed by atoms with E-state index >= 15 is 0 Å². The van der Waals surface area contributed by atoms with E-state index in [1.54, 1.807) is 18.2 Å². The highest BCUT2D eigenvalue weighted by Gasteiger charge is 2.04. The summed E-state index contributed by atoms with van der Waals surface area (Å²) in [5.41, 5.74) is 0.367. The van der Waals surface area contributed by atoms with Crippen molar-refractivity contribution < 1.29 is 4.39 Å². The standard InChI is InChI=1S/C10H11ClFN/c1-2-3-7-13-10-8(11)5-4-6-9(10)12/h2,4-6,13H,1,3,7H2. The van der Waals surface area contributed by atoms with E-state index < -0.39 is 0 Å². The third-order valence-electron chi connectivity index (χ3n) is 1.61. The first-order valence-corrected chi connectivity index (χ1v) is 4.42. The van der Waals surface area contributed by atoms with Gasteiger partial charge in [-0.3, -0.25) is 0 Å². The average molecular weight is 200 g/mol. The first-order valence-electron chi connectivity index (χ1n) is 4.04. The van der Waals surface area contributed by atoms with Crippen molar-refractivity contribution in [1.29, 1.82) is 0 Å². The van der Waals surface area contributed by atoms with E-state index in [1.807, 2.05) is 0 Å². The summed E-state index contributed by atoms with van der Waals surface area (Å²) < 4.78 is 13.1. The Balaban J connectivity index is 2.69. The summed E-state index contributed by atoms with van der Waals surface area (Å²) in [7, 11) is 0. The van der Waals surface area contributed by atoms with Gasteiger partial charge >= 0.3 is 0 Å². The molecular formula is C10H11ClFN. The summed E-state index contributed by atoms with van der Waals surface area (Å²) >= 11 is 5.78. The summed E-state index contributed by atoms with van der Waals surface area (Å²) in [5, 5.41) is 3.31. The Morgan fingerprint density at radius 1 is 1.54 bits per heavy atom. The molecule has 3 heteroatoms. The number of nitrogens with one attached hydrogen (secondary N) is 1. The van der Waals surface area contributed by atoms with Crippen molar-refractivity contribution in [3.8, 4) is 0 Å². The van der Waals surface area contributed by atoms with Gasteiger partial charge < -0.3 is 5.32 Å². The summed E-state index contributed by atoms with van der Waals surface area (Å²) in [6.45, 7) is 4.21. The van der Waals surface area contributed by atoms with E-state index in [2.05, 4.69) is 11.9 Å². The van der Waals surface area contributed by atoms with E-state index in [9.17, 15) is 4.39 Å². The number of benzene rings is 1. The van der Waals surface area contributed by atoms with Gasteiger partial charge in [0.05, 0.1) is 10.7 Å². The second-order valence-electron chi connectivity index (χ2n) is 2.60. The van der Waals surface area contributed by atoms with Gasteiger partial charge in [0.1, 0.15) is 5.82 Å². The van der Waals surface area contributed by atoms with Crippen molar-refractivity contribution in [2.24, 2.45) is 0 Å². The Labute approximate surface area is 82.2 Å². The van der Waals surface area contributed by atoms with E-state index in [-0.39, 0.29) is 5.82 Å². The second-order valence-corrected chi connectivity index (χ2v) is 3.01. The molecule has 0 aromatic heterocycles. The smallest absolute Gasteiger partial charge is 0.147 e. The number of hydrogen-bond donors (Lipinski definition) is 1. The molecule has 0 spiro atoms. The van der Waals surface area contributed by atoms with Crippen molar-refractivity contribution in [1.82, 2.24) is 0 Å². The lowest BCUT2D eigenvalue weighted by Gasteiger charge is -2.07. The summed E-state index contributed by atoms with van der Waals surface area (Å²) in [5.74, 6) is -0.323. The van der Waals surface area contributed by atoms with Crippen LogP contribution in [-0.4, -0.2) is 6.54 Å². The van der Waals surface area contributed by atoms with Crippen LogP contribution in [0.5, 0.6) is 0 Å². The topological polar surface area (TPSA) is 12.0 Å². The molecule has 70 valence electrons. The highest BCUT2D eigenvalue weighted by atomic mass is 35.5. The Hall–Kier alpha value is -1.02. The van der Waals surface area contributed by atoms with E-state index in [4.69, 9.17) is 11.6 Å². The summed E-state index contributed by atoms with van der Waals surface area (Å²) in [6, 6.07) is 4.61. The maximum atomic E-state index is 13.1. The van der Waals surface area contributed by atoms with Crippen LogP contribution in [-0.2, 0) is 0 Å². The quantitative estimate of drug-likeness (QED) is 0.579. The lowest BCUT2D eigenvalue weighted by molar-refractivity contribution is 0.630. The van der Waals surface area contributed by atoms with Gasteiger partial charge in [0.25, 0.3) is 0 Å². The van der Waals surface area contributed by atoms with Crippen LogP contribution in [0.1, 0.15) is 6.42 Å². The van der Waals surface area contributed by atoms with Gasteiger partial charge in [0.15, 0.2) is 0 Å². The fourth-order valence-electron chi connectivity index (χ4n) is 0.966. The van der Waals surface area contributed by atoms with Gasteiger partial charge in [-0.15, -0.1) is 6.58 Å². The molecule has 0 aliphatic rings. The number of anilines is 1. The van der Waals surface area contributed by atoms with Crippen LogP contribution in [0.3, 0.4) is 0 Å². The zero-order valence-electron chi connectivity index (χ0n) is 7.19. The summed E-state index contributed by atoms with van der Waals surface area (Å²) in [4.78, 5) is 0. The first kappa shape index (κ1) is 10.1. The van der Waals surface area contributed by atoms with Gasteiger partial charge in [0, 0.05) is 6.54 Å². The van der Waals surface area contributed by atoms with Crippen molar-refractivity contribution in [3.63, 3.8) is 0 Å². The maximum Gasteiger partial charge on any atom is 0.147 e. The van der Waals surface area contributed by atoms with Crippen molar-refractivity contribution in [2.45, 2.75) is 6.42 Å². The minimum absolute atomic E-state index is 0.323. The molecule has 0 saturated carbocycles. The third kappa shape index (κ3) is 2.74. The molecule has 0 unspecified atom stereocenters. The molecule has 1 aromatic carbocycles. The lowest BCUT2D eigenvalue weighted by Crippen LogP contribution is -2.02. The molecule has 1 nitrogen and oxygen atoms in total. The zero-order chi connectivity index (χ0) is 9.68. The molecule has 0 bridgehead atoms. The summed E-state index contributed by atoms with van der Waals surface area (Å²) in [6.07, 6.45) is 2.55. The zero-order valence-corrected chi connectivity index (χ0v) is 7.94. The Kier molecular flexibility index (Phi) is 3.77. The SMILES string of the molecule is C=CCCNc1c(F)cccc1Cl. The first-order chi connectivity index (χ1) is 6.25. The molecule has 0 heterocycles. The fourth-order valence-corrected chi connectivity index (χ4v) is 1.20. The molecule has 13 heavy (non-hydrogen) atoms. The van der Waals surface area contributed by atoms with E-state index in [0.29, 0.717) is 17.3 Å². The highest BCUT2D eigenvalue weighted by molar-refractivity contribution is 6.33. The minimum atomic E-state index is -0.323. The molecule has 1 N–H and O–H groups in total. The molecule has 0 atom stereocenters. The van der Waals surface area contributed by atoms with Gasteiger partial charge in [-0.2, -0.15) is 0 Å². The highest BCUT2D eigenvalue weighted by Crippen LogP contribution is 2.24. The van der Waals surface area contributed by atoms with Crippen LogP contribution in [0.2, 0.25) is 5.02 Å². The van der Waals surface area contributed by atoms with Crippen LogP contribution in [0, 0.1) is 5.82 Å². The molecule has 1 rings (SSSR count). The second kappa shape index (κ2) is 4.87. The van der Waals surface area contributed by atoms with Crippen LogP contribution in [0.4, 0.5) is 10.1 Å².